The van der Waals surface area contributed by atoms with Crippen LogP contribution in [0.15, 0.2) is 66.9 Å². The van der Waals surface area contributed by atoms with Crippen molar-refractivity contribution in [3.63, 3.8) is 0 Å². The van der Waals surface area contributed by atoms with Gasteiger partial charge in [-0.1, -0.05) is 18.2 Å². The summed E-state index contributed by atoms with van der Waals surface area (Å²) in [5.41, 5.74) is 0.185. The van der Waals surface area contributed by atoms with Crippen molar-refractivity contribution in [1.29, 1.82) is 0 Å². The minimum Gasteiger partial charge on any atom is -0.324 e. The molecule has 1 spiro atoms. The maximum atomic E-state index is 14.6. The van der Waals surface area contributed by atoms with Crippen molar-refractivity contribution in [2.45, 2.75) is 30.3 Å². The van der Waals surface area contributed by atoms with Crippen LogP contribution < -0.4 is 5.32 Å². The van der Waals surface area contributed by atoms with Crippen LogP contribution in [0.4, 0.5) is 15.8 Å². The number of rotatable bonds is 4. The molecule has 2 saturated heterocycles. The lowest BCUT2D eigenvalue weighted by Gasteiger charge is -2.36. The van der Waals surface area contributed by atoms with Gasteiger partial charge in [0.2, 0.25) is 5.91 Å². The third kappa shape index (κ3) is 2.97. The molecule has 1 aromatic heterocycles. The number of Topliss-reactive ketones (excluding diaryl/α,β-unsaturated/α-hetero) is 1. The molecule has 1 amide bonds. The highest BCUT2D eigenvalue weighted by Crippen LogP contribution is 2.61. The monoisotopic (exact) mass is 472 g/mol. The number of halogens is 1. The first kappa shape index (κ1) is 21.5. The fraction of sp³-hybridized carbons (Fsp3) is 0.269. The zero-order valence-corrected chi connectivity index (χ0v) is 18.6. The normalized spacial score (nSPS) is 27.0. The Labute approximate surface area is 199 Å². The molecule has 3 aromatic rings. The quantitative estimate of drug-likeness (QED) is 0.349. The van der Waals surface area contributed by atoms with Crippen LogP contribution in [0, 0.1) is 21.8 Å². The van der Waals surface area contributed by atoms with Gasteiger partial charge >= 0.3 is 0 Å². The minimum atomic E-state index is -1.44. The first-order chi connectivity index (χ1) is 16.9. The first-order valence-electron chi connectivity index (χ1n) is 11.5. The summed E-state index contributed by atoms with van der Waals surface area (Å²) in [5.74, 6) is -2.70. The third-order valence-electron chi connectivity index (χ3n) is 7.63. The van der Waals surface area contributed by atoms with Crippen molar-refractivity contribution >= 4 is 23.1 Å². The standard InChI is InChI=1S/C26H21FN4O4/c27-16-9-10-19-18(14-16)26(25(33)29-19)23(24(32)20-7-1-2-11-28-20)22(21-8-4-12-30(21)26)15-5-3-6-17(13-15)31(34)35/h1-3,5-7,9-11,13-14,21-23H,4,8,12H2,(H,29,33)/t21-,22-,23+,26-/m1/s1. The number of aromatic nitrogens is 1. The summed E-state index contributed by atoms with van der Waals surface area (Å²) >= 11 is 0. The Kier molecular flexibility index (Phi) is 4.79. The lowest BCUT2D eigenvalue weighted by atomic mass is 9.69. The van der Waals surface area contributed by atoms with Crippen molar-refractivity contribution in [3.05, 3.63) is 99.6 Å². The number of fused-ring (bicyclic) bond motifs is 4. The maximum Gasteiger partial charge on any atom is 0.269 e. The van der Waals surface area contributed by atoms with E-state index in [2.05, 4.69) is 10.3 Å². The van der Waals surface area contributed by atoms with Gasteiger partial charge in [-0.25, -0.2) is 4.39 Å². The van der Waals surface area contributed by atoms with Gasteiger partial charge in [0.05, 0.1) is 10.8 Å². The number of amides is 1. The number of hydrogen-bond acceptors (Lipinski definition) is 6. The Morgan fingerprint density at radius 3 is 2.80 bits per heavy atom. The summed E-state index contributed by atoms with van der Waals surface area (Å²) in [6.07, 6.45) is 3.01. The van der Waals surface area contributed by atoms with Gasteiger partial charge < -0.3 is 5.32 Å². The summed E-state index contributed by atoms with van der Waals surface area (Å²) < 4.78 is 14.6. The topological polar surface area (TPSA) is 105 Å². The lowest BCUT2D eigenvalue weighted by Crippen LogP contribution is -2.53. The zero-order valence-electron chi connectivity index (χ0n) is 18.6. The number of nitro benzene ring substituents is 1. The summed E-state index contributed by atoms with van der Waals surface area (Å²) in [6, 6.07) is 15.2. The molecule has 8 nitrogen and oxygen atoms in total. The lowest BCUT2D eigenvalue weighted by molar-refractivity contribution is -0.384. The molecule has 176 valence electrons. The average molecular weight is 472 g/mol. The molecule has 9 heteroatoms. The molecule has 0 unspecified atom stereocenters. The van der Waals surface area contributed by atoms with Crippen molar-refractivity contribution in [1.82, 2.24) is 9.88 Å². The van der Waals surface area contributed by atoms with E-state index in [1.54, 1.807) is 30.3 Å². The number of non-ortho nitro benzene ring substituents is 1. The van der Waals surface area contributed by atoms with E-state index in [-0.39, 0.29) is 29.1 Å². The van der Waals surface area contributed by atoms with Gasteiger partial charge in [-0.3, -0.25) is 29.6 Å². The third-order valence-corrected chi connectivity index (χ3v) is 7.63. The Bertz CT molecular complexity index is 1380. The minimum absolute atomic E-state index is 0.0839. The van der Waals surface area contributed by atoms with Crippen molar-refractivity contribution in [2.75, 3.05) is 11.9 Å². The fourth-order valence-electron chi connectivity index (χ4n) is 6.42. The molecule has 0 aliphatic carbocycles. The Morgan fingerprint density at radius 2 is 2.03 bits per heavy atom. The highest BCUT2D eigenvalue weighted by molar-refractivity contribution is 6.12. The fourth-order valence-corrected chi connectivity index (χ4v) is 6.42. The SMILES string of the molecule is O=C(c1ccccn1)[C@@H]1[C@H](c2cccc([N+](=O)[O-])c2)[C@H]2CCCN2[C@@]12C(=O)Nc1ccc(F)cc12. The number of nitrogens with zero attached hydrogens (tertiary/aromatic N) is 3. The molecule has 2 aromatic carbocycles. The van der Waals surface area contributed by atoms with Crippen LogP contribution in [0.3, 0.4) is 0 Å². The molecule has 1 N–H and O–H groups in total. The van der Waals surface area contributed by atoms with Crippen molar-refractivity contribution < 1.29 is 18.9 Å². The number of carbonyl (C=O) groups excluding carboxylic acids is 2. The highest BCUT2D eigenvalue weighted by Gasteiger charge is 2.69. The molecule has 0 bridgehead atoms. The number of nitro groups is 1. The Balaban J connectivity index is 1.63. The molecule has 3 aliphatic rings. The molecular formula is C26H21FN4O4. The smallest absolute Gasteiger partial charge is 0.269 e. The number of anilines is 1. The number of pyridine rings is 1. The molecular weight excluding hydrogens is 451 g/mol. The van der Waals surface area contributed by atoms with Gasteiger partial charge in [0.1, 0.15) is 17.1 Å². The van der Waals surface area contributed by atoms with Gasteiger partial charge in [0, 0.05) is 41.5 Å². The Morgan fingerprint density at radius 1 is 1.17 bits per heavy atom. The van der Waals surface area contributed by atoms with Crippen LogP contribution in [-0.4, -0.2) is 39.1 Å². The average Bonchev–Trinajstić information content (AvgIpc) is 3.52. The molecule has 35 heavy (non-hydrogen) atoms. The first-order valence-corrected chi connectivity index (χ1v) is 11.5. The van der Waals surface area contributed by atoms with E-state index in [1.165, 1.54) is 36.5 Å². The van der Waals surface area contributed by atoms with Gasteiger partial charge in [-0.05, 0) is 55.3 Å². The summed E-state index contributed by atoms with van der Waals surface area (Å²) in [5, 5.41) is 14.4. The van der Waals surface area contributed by atoms with Gasteiger partial charge in [0.25, 0.3) is 5.69 Å². The van der Waals surface area contributed by atoms with E-state index < -0.39 is 28.1 Å². The molecule has 3 aliphatic heterocycles. The molecule has 0 radical (unpaired) electrons. The van der Waals surface area contributed by atoms with Crippen LogP contribution in [0.5, 0.6) is 0 Å². The van der Waals surface area contributed by atoms with Gasteiger partial charge in [0.15, 0.2) is 5.78 Å². The predicted octanol–water partition coefficient (Wildman–Crippen LogP) is 4.04. The number of hydrogen-bond donors (Lipinski definition) is 1. The summed E-state index contributed by atoms with van der Waals surface area (Å²) in [4.78, 5) is 45.4. The van der Waals surface area contributed by atoms with Crippen molar-refractivity contribution in [3.8, 4) is 0 Å². The number of ketones is 1. The molecule has 0 saturated carbocycles. The molecule has 4 heterocycles. The molecule has 6 rings (SSSR count). The van der Waals surface area contributed by atoms with E-state index in [4.69, 9.17) is 0 Å². The van der Waals surface area contributed by atoms with E-state index >= 15 is 0 Å². The predicted molar refractivity (Wildman–Crippen MR) is 124 cm³/mol. The van der Waals surface area contributed by atoms with E-state index in [1.807, 2.05) is 4.90 Å². The number of carbonyl (C=O) groups is 2. The van der Waals surface area contributed by atoms with Crippen molar-refractivity contribution in [2.24, 2.45) is 5.92 Å². The second-order valence-electron chi connectivity index (χ2n) is 9.25. The largest absolute Gasteiger partial charge is 0.324 e. The van der Waals surface area contributed by atoms with Crippen LogP contribution in [0.25, 0.3) is 0 Å². The summed E-state index contributed by atoms with van der Waals surface area (Å²) in [6.45, 7) is 0.547. The number of benzene rings is 2. The maximum absolute atomic E-state index is 14.6. The summed E-state index contributed by atoms with van der Waals surface area (Å²) in [7, 11) is 0. The second-order valence-corrected chi connectivity index (χ2v) is 9.25. The van der Waals surface area contributed by atoms with E-state index in [9.17, 15) is 24.1 Å². The highest BCUT2D eigenvalue weighted by atomic mass is 19.1. The van der Waals surface area contributed by atoms with E-state index in [0.29, 0.717) is 29.8 Å². The second kappa shape index (κ2) is 7.78. The van der Waals surface area contributed by atoms with Crippen LogP contribution in [0.2, 0.25) is 0 Å². The van der Waals surface area contributed by atoms with E-state index in [0.717, 1.165) is 6.42 Å². The van der Waals surface area contributed by atoms with Gasteiger partial charge in [-0.2, -0.15) is 0 Å². The van der Waals surface area contributed by atoms with Gasteiger partial charge in [-0.15, -0.1) is 0 Å². The van der Waals surface area contributed by atoms with Crippen LogP contribution in [0.1, 0.15) is 40.4 Å². The molecule has 4 atom stereocenters. The number of nitrogens with one attached hydrogen (secondary N) is 1. The van der Waals surface area contributed by atoms with Crippen LogP contribution in [-0.2, 0) is 10.3 Å². The molecule has 2 fully saturated rings. The van der Waals surface area contributed by atoms with Crippen LogP contribution >= 0.6 is 0 Å². The Hall–Kier alpha value is -3.98. The zero-order chi connectivity index (χ0) is 24.3.